The molecule has 0 saturated carbocycles. The molecule has 42 heavy (non-hydrogen) atoms. The van der Waals surface area contributed by atoms with Crippen molar-refractivity contribution < 1.29 is 63.2 Å². The van der Waals surface area contributed by atoms with Gasteiger partial charge in [-0.1, -0.05) is 0 Å². The second kappa shape index (κ2) is 16.5. The molecule has 3 fully saturated rings. The standard InChI is InChI=1S/C26H47N3O13/c1-12-15(28-10-30)17(32)23(26(39-12)41-22-16(29-11-31)13(2)38-24(36-4)20(22)35)42-25-19(34)18(33)21(14(3)40-25)37-9-7-5-6-8-27/h10-26,32-35H,5-9,27H2,1-4H3,(H,28,30)(H,29,31)/t12-,13-,14-,15-,16-,17+,18-,19+,20+,21-,22+,23+,24+,25-,26-/m1/s1. The lowest BCUT2D eigenvalue weighted by Gasteiger charge is -2.49. The van der Waals surface area contributed by atoms with E-state index < -0.39 is 92.0 Å². The molecule has 0 aromatic carbocycles. The van der Waals surface area contributed by atoms with Gasteiger partial charge >= 0.3 is 0 Å². The number of nitrogens with two attached hydrogens (primary N) is 1. The largest absolute Gasteiger partial charge is 0.388 e. The summed E-state index contributed by atoms with van der Waals surface area (Å²) in [6, 6.07) is -1.80. The fraction of sp³-hybridized carbons (Fsp3) is 0.923. The van der Waals surface area contributed by atoms with Gasteiger partial charge in [0.2, 0.25) is 12.8 Å². The average Bonchev–Trinajstić information content (AvgIpc) is 2.96. The molecular weight excluding hydrogens is 562 g/mol. The number of carbonyl (C=O) groups is 2. The van der Waals surface area contributed by atoms with Crippen LogP contribution in [-0.4, -0.2) is 146 Å². The first-order chi connectivity index (χ1) is 20.1. The molecule has 3 aliphatic rings. The second-order valence-corrected chi connectivity index (χ2v) is 10.8. The number of methoxy groups -OCH3 is 1. The minimum Gasteiger partial charge on any atom is -0.388 e. The molecule has 0 radical (unpaired) electrons. The Balaban J connectivity index is 1.80. The van der Waals surface area contributed by atoms with Gasteiger partial charge in [-0.2, -0.15) is 0 Å². The Morgan fingerprint density at radius 3 is 1.93 bits per heavy atom. The maximum Gasteiger partial charge on any atom is 0.207 e. The summed E-state index contributed by atoms with van der Waals surface area (Å²) in [5.41, 5.74) is 5.51. The Morgan fingerprint density at radius 2 is 1.29 bits per heavy atom. The van der Waals surface area contributed by atoms with Gasteiger partial charge in [0.05, 0.1) is 30.4 Å². The lowest BCUT2D eigenvalue weighted by atomic mass is 9.94. The van der Waals surface area contributed by atoms with Crippen molar-refractivity contribution in [2.45, 2.75) is 132 Å². The van der Waals surface area contributed by atoms with E-state index in [0.717, 1.165) is 19.3 Å². The van der Waals surface area contributed by atoms with Crippen LogP contribution in [0.25, 0.3) is 0 Å². The van der Waals surface area contributed by atoms with Gasteiger partial charge in [0.25, 0.3) is 0 Å². The Labute approximate surface area is 245 Å². The van der Waals surface area contributed by atoms with Crippen LogP contribution in [0.3, 0.4) is 0 Å². The van der Waals surface area contributed by atoms with Gasteiger partial charge in [0, 0.05) is 13.7 Å². The maximum atomic E-state index is 11.3. The fourth-order valence-corrected chi connectivity index (χ4v) is 5.57. The van der Waals surface area contributed by atoms with E-state index in [0.29, 0.717) is 26.0 Å². The molecule has 16 heteroatoms. The fourth-order valence-electron chi connectivity index (χ4n) is 5.57. The van der Waals surface area contributed by atoms with Crippen LogP contribution in [0.15, 0.2) is 0 Å². The van der Waals surface area contributed by atoms with Gasteiger partial charge in [0.15, 0.2) is 18.9 Å². The van der Waals surface area contributed by atoms with E-state index in [4.69, 9.17) is 38.9 Å². The topological polar surface area (TPSA) is 230 Å². The smallest absolute Gasteiger partial charge is 0.207 e. The average molecular weight is 610 g/mol. The molecule has 0 aromatic heterocycles. The first-order valence-electron chi connectivity index (χ1n) is 14.3. The van der Waals surface area contributed by atoms with E-state index in [1.54, 1.807) is 20.8 Å². The number of rotatable bonds is 15. The number of hydrogen-bond acceptors (Lipinski definition) is 14. The number of nitrogens with one attached hydrogen (secondary N) is 2. The second-order valence-electron chi connectivity index (χ2n) is 10.8. The first-order valence-corrected chi connectivity index (χ1v) is 14.3. The number of carbonyl (C=O) groups excluding carboxylic acids is 2. The van der Waals surface area contributed by atoms with Crippen molar-refractivity contribution in [1.29, 1.82) is 0 Å². The highest BCUT2D eigenvalue weighted by Crippen LogP contribution is 2.33. The lowest BCUT2D eigenvalue weighted by molar-refractivity contribution is -0.371. The van der Waals surface area contributed by atoms with Crippen LogP contribution in [0.5, 0.6) is 0 Å². The summed E-state index contributed by atoms with van der Waals surface area (Å²) in [6.07, 6.45) is -12.1. The highest BCUT2D eigenvalue weighted by Gasteiger charge is 2.53. The predicted molar refractivity (Wildman–Crippen MR) is 142 cm³/mol. The molecule has 8 N–H and O–H groups in total. The molecule has 0 aromatic rings. The van der Waals surface area contributed by atoms with Gasteiger partial charge < -0.3 is 70.0 Å². The third-order valence-electron chi connectivity index (χ3n) is 7.92. The maximum absolute atomic E-state index is 11.3. The minimum absolute atomic E-state index is 0.333. The number of ether oxygens (including phenoxy) is 7. The van der Waals surface area contributed by atoms with E-state index in [-0.39, 0.29) is 0 Å². The third kappa shape index (κ3) is 8.13. The van der Waals surface area contributed by atoms with E-state index in [1.165, 1.54) is 7.11 Å². The molecule has 0 spiro atoms. The molecule has 0 unspecified atom stereocenters. The molecule has 0 bridgehead atoms. The van der Waals surface area contributed by atoms with Gasteiger partial charge in [0.1, 0.15) is 42.7 Å². The first kappa shape index (κ1) is 34.9. The monoisotopic (exact) mass is 609 g/mol. The van der Waals surface area contributed by atoms with Crippen molar-refractivity contribution in [3.8, 4) is 0 Å². The number of amides is 2. The van der Waals surface area contributed by atoms with Crippen molar-refractivity contribution >= 4 is 12.8 Å². The third-order valence-corrected chi connectivity index (χ3v) is 7.92. The normalized spacial score (nSPS) is 44.4. The molecular formula is C26H47N3O13. The quantitative estimate of drug-likeness (QED) is 0.0718. The Hall–Kier alpha value is -1.54. The van der Waals surface area contributed by atoms with Gasteiger partial charge in [-0.25, -0.2) is 0 Å². The highest BCUT2D eigenvalue weighted by molar-refractivity contribution is 5.47. The van der Waals surface area contributed by atoms with Crippen molar-refractivity contribution in [2.24, 2.45) is 5.73 Å². The molecule has 15 atom stereocenters. The summed E-state index contributed by atoms with van der Waals surface area (Å²) >= 11 is 0. The Bertz CT molecular complexity index is 830. The minimum atomic E-state index is -1.59. The number of hydrogen-bond donors (Lipinski definition) is 7. The Morgan fingerprint density at radius 1 is 0.690 bits per heavy atom. The number of aliphatic hydroxyl groups excluding tert-OH is 4. The van der Waals surface area contributed by atoms with Crippen LogP contribution < -0.4 is 16.4 Å². The van der Waals surface area contributed by atoms with E-state index >= 15 is 0 Å². The van der Waals surface area contributed by atoms with Gasteiger partial charge in [-0.3, -0.25) is 9.59 Å². The Kier molecular flexibility index (Phi) is 13.7. The zero-order valence-corrected chi connectivity index (χ0v) is 24.4. The van der Waals surface area contributed by atoms with Crippen molar-refractivity contribution in [3.63, 3.8) is 0 Å². The van der Waals surface area contributed by atoms with Crippen molar-refractivity contribution in [2.75, 3.05) is 20.3 Å². The SMILES string of the molecule is CO[C@H]1O[C@H](C)[C@@H](NC=O)[C@H](O[C@H]2O[C@H](C)[C@@H](NC=O)[C@H](O)[C@@H]2O[C@H]2O[C@H](C)[C@@H](OCCCCCN)[C@H](O)[C@@H]2O)[C@@H]1O. The van der Waals surface area contributed by atoms with Gasteiger partial charge in [-0.15, -0.1) is 0 Å². The van der Waals surface area contributed by atoms with Crippen LogP contribution in [0.2, 0.25) is 0 Å². The summed E-state index contributed by atoms with van der Waals surface area (Å²) in [4.78, 5) is 22.6. The summed E-state index contributed by atoms with van der Waals surface area (Å²) in [5.74, 6) is 0. The molecule has 3 aliphatic heterocycles. The zero-order valence-electron chi connectivity index (χ0n) is 24.4. The summed E-state index contributed by atoms with van der Waals surface area (Å²) in [6.45, 7) is 5.79. The lowest BCUT2D eigenvalue weighted by Crippen LogP contribution is -2.68. The molecule has 3 heterocycles. The van der Waals surface area contributed by atoms with Crippen LogP contribution in [0, 0.1) is 0 Å². The molecule has 244 valence electrons. The summed E-state index contributed by atoms with van der Waals surface area (Å²) in [5, 5.41) is 49.0. The van der Waals surface area contributed by atoms with Crippen LogP contribution >= 0.6 is 0 Å². The van der Waals surface area contributed by atoms with Crippen molar-refractivity contribution in [1.82, 2.24) is 10.6 Å². The molecule has 3 rings (SSSR count). The molecule has 3 saturated heterocycles. The summed E-state index contributed by atoms with van der Waals surface area (Å²) in [7, 11) is 1.33. The predicted octanol–water partition coefficient (Wildman–Crippen LogP) is -3.18. The van der Waals surface area contributed by atoms with Crippen LogP contribution in [-0.2, 0) is 42.7 Å². The highest BCUT2D eigenvalue weighted by atomic mass is 16.8. The van der Waals surface area contributed by atoms with E-state index in [1.807, 2.05) is 0 Å². The number of aliphatic hydroxyl groups is 4. The van der Waals surface area contributed by atoms with Gasteiger partial charge in [-0.05, 0) is 46.6 Å². The molecule has 0 aliphatic carbocycles. The van der Waals surface area contributed by atoms with Crippen molar-refractivity contribution in [3.05, 3.63) is 0 Å². The molecule has 2 amide bonds. The van der Waals surface area contributed by atoms with Crippen LogP contribution in [0.1, 0.15) is 40.0 Å². The zero-order chi connectivity index (χ0) is 31.0. The van der Waals surface area contributed by atoms with Crippen LogP contribution in [0.4, 0.5) is 0 Å². The number of unbranched alkanes of at least 4 members (excludes halogenated alkanes) is 2. The molecule has 16 nitrogen and oxygen atoms in total. The summed E-state index contributed by atoms with van der Waals surface area (Å²) < 4.78 is 40.6. The van der Waals surface area contributed by atoms with E-state index in [9.17, 15) is 30.0 Å². The van der Waals surface area contributed by atoms with E-state index in [2.05, 4.69) is 10.6 Å².